The fourth-order valence-electron chi connectivity index (χ4n) is 7.28. The highest BCUT2D eigenvalue weighted by molar-refractivity contribution is 5.71. The zero-order valence-electron chi connectivity index (χ0n) is 39.3. The zero-order valence-corrected chi connectivity index (χ0v) is 39.3. The third-order valence-corrected chi connectivity index (χ3v) is 11.1. The second kappa shape index (κ2) is 48.3. The van der Waals surface area contributed by atoms with Crippen LogP contribution in [0.5, 0.6) is 0 Å². The van der Waals surface area contributed by atoms with E-state index >= 15 is 0 Å². The molecule has 344 valence electrons. The van der Waals surface area contributed by atoms with Gasteiger partial charge < -0.3 is 14.2 Å². The molecule has 0 aromatic carbocycles. The molecule has 0 aliphatic rings. The predicted molar refractivity (Wildman–Crippen MR) is 252 cm³/mol. The largest absolute Gasteiger partial charge is 0.462 e. The van der Waals surface area contributed by atoms with Crippen LogP contribution in [0.25, 0.3) is 0 Å². The van der Waals surface area contributed by atoms with Gasteiger partial charge in [-0.15, -0.1) is 0 Å². The van der Waals surface area contributed by atoms with Crippen molar-refractivity contribution in [2.45, 2.75) is 271 Å². The maximum atomic E-state index is 12.7. The molecular formula is C53H96O6. The van der Waals surface area contributed by atoms with Crippen molar-refractivity contribution in [2.75, 3.05) is 13.2 Å². The number of ether oxygens (including phenoxy) is 3. The van der Waals surface area contributed by atoms with Crippen LogP contribution in [-0.2, 0) is 28.6 Å². The Labute approximate surface area is 365 Å². The minimum absolute atomic E-state index is 0.0836. The Balaban J connectivity index is 4.41. The van der Waals surface area contributed by atoms with Crippen LogP contribution in [0.3, 0.4) is 0 Å². The molecule has 0 aromatic rings. The summed E-state index contributed by atoms with van der Waals surface area (Å²) < 4.78 is 16.7. The topological polar surface area (TPSA) is 78.9 Å². The Morgan fingerprint density at radius 3 is 1.02 bits per heavy atom. The number of hydrogen-bond acceptors (Lipinski definition) is 6. The lowest BCUT2D eigenvalue weighted by molar-refractivity contribution is -0.167. The third kappa shape index (κ3) is 46.5. The molecule has 0 unspecified atom stereocenters. The van der Waals surface area contributed by atoms with Gasteiger partial charge in [-0.05, 0) is 51.4 Å². The van der Waals surface area contributed by atoms with E-state index in [1.54, 1.807) is 0 Å². The van der Waals surface area contributed by atoms with Crippen LogP contribution in [0.2, 0.25) is 0 Å². The smallest absolute Gasteiger partial charge is 0.306 e. The van der Waals surface area contributed by atoms with Gasteiger partial charge in [0, 0.05) is 19.3 Å². The third-order valence-electron chi connectivity index (χ3n) is 11.1. The Morgan fingerprint density at radius 1 is 0.339 bits per heavy atom. The molecule has 0 aliphatic carbocycles. The van der Waals surface area contributed by atoms with E-state index in [0.29, 0.717) is 25.7 Å². The van der Waals surface area contributed by atoms with E-state index in [4.69, 9.17) is 14.2 Å². The second-order valence-electron chi connectivity index (χ2n) is 17.1. The molecule has 0 heterocycles. The monoisotopic (exact) mass is 829 g/mol. The van der Waals surface area contributed by atoms with Gasteiger partial charge >= 0.3 is 17.9 Å². The number of hydrogen-bond donors (Lipinski definition) is 0. The number of carbonyl (C=O) groups excluding carboxylic acids is 3. The van der Waals surface area contributed by atoms with Gasteiger partial charge in [0.15, 0.2) is 6.10 Å². The summed E-state index contributed by atoms with van der Waals surface area (Å²) in [4.78, 5) is 37.9. The van der Waals surface area contributed by atoms with Gasteiger partial charge in [0.05, 0.1) is 0 Å². The maximum Gasteiger partial charge on any atom is 0.306 e. The van der Waals surface area contributed by atoms with Crippen LogP contribution in [0.4, 0.5) is 0 Å². The Hall–Kier alpha value is -2.37. The quantitative estimate of drug-likeness (QED) is 0.0263. The summed E-state index contributed by atoms with van der Waals surface area (Å²) in [6.45, 7) is 6.60. The SMILES string of the molecule is CCCCCCCC/C=C\C/C=C\C/C=C\CCCC(=O)OC[C@H](COC(=O)CCCCCCCCCCCCCC)OC(=O)CCCCCCCCCCCCCC. The van der Waals surface area contributed by atoms with Crippen molar-refractivity contribution in [3.05, 3.63) is 36.5 Å². The standard InChI is InChI=1S/C53H96O6/c1-4-7-10-13-16-19-22-25-26-27-28-29-32-34-37-40-43-46-52(55)58-49-50(59-53(56)47-44-41-38-35-31-24-21-18-15-12-9-6-3)48-57-51(54)45-42-39-36-33-30-23-20-17-14-11-8-5-2/h25-26,28-29,34,37,50H,4-24,27,30-33,35-36,38-49H2,1-3H3/b26-25-,29-28-,37-34-/t50-/m0/s1. The molecule has 0 saturated heterocycles. The molecule has 0 amide bonds. The molecule has 6 nitrogen and oxygen atoms in total. The number of esters is 3. The Morgan fingerprint density at radius 2 is 0.627 bits per heavy atom. The van der Waals surface area contributed by atoms with Gasteiger partial charge in [0.25, 0.3) is 0 Å². The molecule has 0 saturated carbocycles. The van der Waals surface area contributed by atoms with Crippen molar-refractivity contribution in [1.82, 2.24) is 0 Å². The first kappa shape index (κ1) is 56.6. The first-order valence-electron chi connectivity index (χ1n) is 25.5. The summed E-state index contributed by atoms with van der Waals surface area (Å²) in [5.74, 6) is -0.929. The summed E-state index contributed by atoms with van der Waals surface area (Å²) in [5, 5.41) is 0. The van der Waals surface area contributed by atoms with Gasteiger partial charge in [-0.2, -0.15) is 0 Å². The van der Waals surface area contributed by atoms with Gasteiger partial charge in [0.1, 0.15) is 13.2 Å². The molecular weight excluding hydrogens is 733 g/mol. The van der Waals surface area contributed by atoms with Crippen LogP contribution in [0, 0.1) is 0 Å². The zero-order chi connectivity index (χ0) is 43.0. The number of rotatable bonds is 46. The van der Waals surface area contributed by atoms with E-state index in [2.05, 4.69) is 57.2 Å². The van der Waals surface area contributed by atoms with Crippen LogP contribution in [0.15, 0.2) is 36.5 Å². The normalized spacial score (nSPS) is 12.3. The van der Waals surface area contributed by atoms with E-state index < -0.39 is 6.10 Å². The van der Waals surface area contributed by atoms with Crippen molar-refractivity contribution in [2.24, 2.45) is 0 Å². The highest BCUT2D eigenvalue weighted by Gasteiger charge is 2.19. The molecule has 0 rings (SSSR count). The predicted octanol–water partition coefficient (Wildman–Crippen LogP) is 16.5. The lowest BCUT2D eigenvalue weighted by Gasteiger charge is -2.18. The van der Waals surface area contributed by atoms with E-state index in [1.807, 2.05) is 0 Å². The van der Waals surface area contributed by atoms with Gasteiger partial charge in [-0.25, -0.2) is 0 Å². The fraction of sp³-hybridized carbons (Fsp3) is 0.830. The summed E-state index contributed by atoms with van der Waals surface area (Å²) >= 11 is 0. The number of unbranched alkanes of at least 4 members (excludes halogenated alkanes) is 29. The van der Waals surface area contributed by atoms with Gasteiger partial charge in [-0.3, -0.25) is 14.4 Å². The van der Waals surface area contributed by atoms with Crippen molar-refractivity contribution in [1.29, 1.82) is 0 Å². The minimum Gasteiger partial charge on any atom is -0.462 e. The summed E-state index contributed by atoms with van der Waals surface area (Å²) in [5.41, 5.74) is 0. The van der Waals surface area contributed by atoms with Crippen LogP contribution >= 0.6 is 0 Å². The van der Waals surface area contributed by atoms with Gasteiger partial charge in [-0.1, -0.05) is 231 Å². The number of carbonyl (C=O) groups is 3. The van der Waals surface area contributed by atoms with Gasteiger partial charge in [0.2, 0.25) is 0 Å². The molecule has 0 bridgehead atoms. The molecule has 0 spiro atoms. The molecule has 0 N–H and O–H groups in total. The van der Waals surface area contributed by atoms with Crippen molar-refractivity contribution in [3.63, 3.8) is 0 Å². The minimum atomic E-state index is -0.785. The lowest BCUT2D eigenvalue weighted by atomic mass is 10.0. The second-order valence-corrected chi connectivity index (χ2v) is 17.1. The molecule has 1 atom stereocenters. The highest BCUT2D eigenvalue weighted by atomic mass is 16.6. The maximum absolute atomic E-state index is 12.7. The average Bonchev–Trinajstić information content (AvgIpc) is 3.23. The van der Waals surface area contributed by atoms with E-state index in [1.165, 1.54) is 161 Å². The Bertz CT molecular complexity index is 1000. The average molecular weight is 829 g/mol. The first-order valence-corrected chi connectivity index (χ1v) is 25.5. The fourth-order valence-corrected chi connectivity index (χ4v) is 7.28. The van der Waals surface area contributed by atoms with E-state index in [0.717, 1.165) is 57.8 Å². The molecule has 0 fully saturated rings. The van der Waals surface area contributed by atoms with Crippen LogP contribution in [0.1, 0.15) is 265 Å². The summed E-state index contributed by atoms with van der Waals surface area (Å²) in [6, 6.07) is 0. The first-order chi connectivity index (χ1) is 29.0. The Kier molecular flexibility index (Phi) is 46.4. The summed E-state index contributed by atoms with van der Waals surface area (Å²) in [6.07, 6.45) is 55.6. The molecule has 59 heavy (non-hydrogen) atoms. The van der Waals surface area contributed by atoms with E-state index in [-0.39, 0.29) is 31.1 Å². The molecule has 0 aromatic heterocycles. The van der Waals surface area contributed by atoms with Crippen molar-refractivity contribution < 1.29 is 28.6 Å². The molecule has 0 aliphatic heterocycles. The van der Waals surface area contributed by atoms with Crippen LogP contribution in [-0.4, -0.2) is 37.2 Å². The van der Waals surface area contributed by atoms with E-state index in [9.17, 15) is 14.4 Å². The molecule has 0 radical (unpaired) electrons. The van der Waals surface area contributed by atoms with Crippen LogP contribution < -0.4 is 0 Å². The summed E-state index contributed by atoms with van der Waals surface area (Å²) in [7, 11) is 0. The lowest BCUT2D eigenvalue weighted by Crippen LogP contribution is -2.30. The van der Waals surface area contributed by atoms with Crippen molar-refractivity contribution >= 4 is 17.9 Å². The number of allylic oxidation sites excluding steroid dienone is 6. The molecule has 6 heteroatoms. The highest BCUT2D eigenvalue weighted by Crippen LogP contribution is 2.15. The van der Waals surface area contributed by atoms with Crippen molar-refractivity contribution in [3.8, 4) is 0 Å².